The van der Waals surface area contributed by atoms with Gasteiger partial charge in [0.15, 0.2) is 5.01 Å². The first-order valence-corrected chi connectivity index (χ1v) is 5.74. The van der Waals surface area contributed by atoms with E-state index in [0.29, 0.717) is 5.82 Å². The monoisotopic (exact) mass is 264 g/mol. The number of nitriles is 1. The highest BCUT2D eigenvalue weighted by atomic mass is 35.5. The molecule has 0 aliphatic rings. The smallest absolute Gasteiger partial charge is 0.285 e. The van der Waals surface area contributed by atoms with Crippen molar-refractivity contribution in [1.29, 1.82) is 5.26 Å². The van der Waals surface area contributed by atoms with Gasteiger partial charge in [0.1, 0.15) is 22.7 Å². The average molecular weight is 265 g/mol. The van der Waals surface area contributed by atoms with E-state index in [9.17, 15) is 4.79 Å². The van der Waals surface area contributed by atoms with Gasteiger partial charge in [-0.2, -0.15) is 5.26 Å². The SMILES string of the molecule is N#Cc1cccc(NC(=O)c2nc(Cl)cs2)n1. The molecule has 0 saturated heterocycles. The van der Waals surface area contributed by atoms with Crippen molar-refractivity contribution in [3.05, 3.63) is 39.4 Å². The number of nitrogens with zero attached hydrogens (tertiary/aromatic N) is 3. The van der Waals surface area contributed by atoms with Gasteiger partial charge in [-0.15, -0.1) is 11.3 Å². The van der Waals surface area contributed by atoms with Gasteiger partial charge in [0.2, 0.25) is 0 Å². The summed E-state index contributed by atoms with van der Waals surface area (Å²) in [7, 11) is 0. The van der Waals surface area contributed by atoms with Crippen LogP contribution >= 0.6 is 22.9 Å². The molecular weight excluding hydrogens is 260 g/mol. The second kappa shape index (κ2) is 4.91. The van der Waals surface area contributed by atoms with Crippen molar-refractivity contribution in [3.63, 3.8) is 0 Å². The van der Waals surface area contributed by atoms with Crippen LogP contribution in [-0.2, 0) is 0 Å². The van der Waals surface area contributed by atoms with E-state index in [1.54, 1.807) is 23.6 Å². The molecule has 0 saturated carbocycles. The number of amides is 1. The predicted octanol–water partition coefficient (Wildman–Crippen LogP) is 2.32. The van der Waals surface area contributed by atoms with E-state index in [0.717, 1.165) is 11.3 Å². The molecule has 0 aliphatic heterocycles. The molecule has 2 rings (SSSR count). The summed E-state index contributed by atoms with van der Waals surface area (Å²) in [6, 6.07) is 6.67. The first-order valence-electron chi connectivity index (χ1n) is 4.48. The van der Waals surface area contributed by atoms with Gasteiger partial charge in [0.05, 0.1) is 0 Å². The molecule has 1 amide bonds. The molecule has 0 bridgehead atoms. The number of aromatic nitrogens is 2. The topological polar surface area (TPSA) is 78.7 Å². The Morgan fingerprint density at radius 2 is 2.29 bits per heavy atom. The molecule has 0 radical (unpaired) electrons. The van der Waals surface area contributed by atoms with Gasteiger partial charge in [0.25, 0.3) is 5.91 Å². The molecule has 5 nitrogen and oxygen atoms in total. The fourth-order valence-electron chi connectivity index (χ4n) is 1.09. The fraction of sp³-hybridized carbons (Fsp3) is 0. The number of halogens is 1. The van der Waals surface area contributed by atoms with Crippen LogP contribution in [0.1, 0.15) is 15.5 Å². The number of thiazole rings is 1. The van der Waals surface area contributed by atoms with Gasteiger partial charge < -0.3 is 5.32 Å². The third-order valence-corrected chi connectivity index (χ3v) is 2.94. The summed E-state index contributed by atoms with van der Waals surface area (Å²) in [6.07, 6.45) is 0. The number of carbonyl (C=O) groups is 1. The lowest BCUT2D eigenvalue weighted by atomic mass is 10.3. The molecule has 0 spiro atoms. The van der Waals surface area contributed by atoms with Gasteiger partial charge in [-0.25, -0.2) is 9.97 Å². The van der Waals surface area contributed by atoms with Crippen LogP contribution in [0.4, 0.5) is 5.82 Å². The van der Waals surface area contributed by atoms with Crippen LogP contribution in [0.5, 0.6) is 0 Å². The van der Waals surface area contributed by atoms with E-state index in [2.05, 4.69) is 15.3 Å². The zero-order valence-corrected chi connectivity index (χ0v) is 9.92. The van der Waals surface area contributed by atoms with E-state index in [4.69, 9.17) is 16.9 Å². The summed E-state index contributed by atoms with van der Waals surface area (Å²) in [5.74, 6) is -0.0927. The Bertz CT molecular complexity index is 604. The lowest BCUT2D eigenvalue weighted by Crippen LogP contribution is -2.12. The van der Waals surface area contributed by atoms with E-state index in [-0.39, 0.29) is 15.9 Å². The maximum atomic E-state index is 11.7. The molecule has 0 fully saturated rings. The second-order valence-electron chi connectivity index (χ2n) is 2.95. The molecule has 2 heterocycles. The Hall–Kier alpha value is -1.97. The Morgan fingerprint density at radius 1 is 1.47 bits per heavy atom. The minimum absolute atomic E-state index is 0.236. The number of anilines is 1. The minimum Gasteiger partial charge on any atom is -0.304 e. The van der Waals surface area contributed by atoms with E-state index < -0.39 is 5.91 Å². The van der Waals surface area contributed by atoms with E-state index in [1.165, 1.54) is 0 Å². The first kappa shape index (κ1) is 11.5. The molecule has 17 heavy (non-hydrogen) atoms. The van der Waals surface area contributed by atoms with Crippen LogP contribution in [0.3, 0.4) is 0 Å². The molecule has 2 aromatic rings. The fourth-order valence-corrected chi connectivity index (χ4v) is 1.93. The molecule has 0 aromatic carbocycles. The van der Waals surface area contributed by atoms with E-state index in [1.807, 2.05) is 6.07 Å². The highest BCUT2D eigenvalue weighted by molar-refractivity contribution is 7.12. The largest absolute Gasteiger partial charge is 0.304 e. The third-order valence-electron chi connectivity index (χ3n) is 1.78. The lowest BCUT2D eigenvalue weighted by molar-refractivity contribution is 0.102. The summed E-state index contributed by atoms with van der Waals surface area (Å²) >= 11 is 6.75. The average Bonchev–Trinajstić information content (AvgIpc) is 2.76. The normalized spacial score (nSPS) is 9.65. The van der Waals surface area contributed by atoms with Gasteiger partial charge in [-0.3, -0.25) is 4.79 Å². The number of rotatable bonds is 2. The predicted molar refractivity (Wildman–Crippen MR) is 64.0 cm³/mol. The molecule has 0 unspecified atom stereocenters. The van der Waals surface area contributed by atoms with Crippen LogP contribution in [-0.4, -0.2) is 15.9 Å². The quantitative estimate of drug-likeness (QED) is 0.903. The second-order valence-corrected chi connectivity index (χ2v) is 4.19. The maximum absolute atomic E-state index is 11.7. The van der Waals surface area contributed by atoms with Crippen LogP contribution < -0.4 is 5.32 Å². The highest BCUT2D eigenvalue weighted by Crippen LogP contribution is 2.15. The molecule has 84 valence electrons. The number of pyridine rings is 1. The molecule has 0 atom stereocenters. The van der Waals surface area contributed by atoms with Crippen molar-refractivity contribution in [2.24, 2.45) is 0 Å². The lowest BCUT2D eigenvalue weighted by Gasteiger charge is -2.01. The van der Waals surface area contributed by atoms with Crippen LogP contribution in [0.15, 0.2) is 23.6 Å². The molecule has 2 aromatic heterocycles. The molecular formula is C10H5ClN4OS. The van der Waals surface area contributed by atoms with Crippen molar-refractivity contribution in [2.45, 2.75) is 0 Å². The van der Waals surface area contributed by atoms with Crippen LogP contribution in [0.2, 0.25) is 5.15 Å². The summed E-state index contributed by atoms with van der Waals surface area (Å²) < 4.78 is 0. The zero-order chi connectivity index (χ0) is 12.3. The minimum atomic E-state index is -0.399. The summed E-state index contributed by atoms with van der Waals surface area (Å²) in [5, 5.41) is 13.3. The van der Waals surface area contributed by atoms with Gasteiger partial charge in [-0.1, -0.05) is 17.7 Å². The third kappa shape index (κ3) is 2.78. The zero-order valence-electron chi connectivity index (χ0n) is 8.35. The van der Waals surface area contributed by atoms with E-state index >= 15 is 0 Å². The van der Waals surface area contributed by atoms with Gasteiger partial charge in [0, 0.05) is 5.38 Å². The highest BCUT2D eigenvalue weighted by Gasteiger charge is 2.11. The van der Waals surface area contributed by atoms with Crippen molar-refractivity contribution in [2.75, 3.05) is 5.32 Å². The maximum Gasteiger partial charge on any atom is 0.285 e. The number of hydrogen-bond acceptors (Lipinski definition) is 5. The number of carbonyl (C=O) groups excluding carboxylic acids is 1. The van der Waals surface area contributed by atoms with Crippen molar-refractivity contribution in [1.82, 2.24) is 9.97 Å². The number of nitrogens with one attached hydrogen (secondary N) is 1. The van der Waals surface area contributed by atoms with Crippen molar-refractivity contribution >= 4 is 34.7 Å². The van der Waals surface area contributed by atoms with Crippen LogP contribution in [0.25, 0.3) is 0 Å². The Kier molecular flexibility index (Phi) is 3.32. The summed E-state index contributed by atoms with van der Waals surface area (Å²) in [6.45, 7) is 0. The summed E-state index contributed by atoms with van der Waals surface area (Å²) in [4.78, 5) is 19.4. The Morgan fingerprint density at radius 3 is 2.94 bits per heavy atom. The molecule has 7 heteroatoms. The Labute approximate surface area is 106 Å². The molecule has 1 N–H and O–H groups in total. The molecule has 0 aliphatic carbocycles. The van der Waals surface area contributed by atoms with Crippen molar-refractivity contribution in [3.8, 4) is 6.07 Å². The Balaban J connectivity index is 2.16. The number of hydrogen-bond donors (Lipinski definition) is 1. The standard InChI is InChI=1S/C10H5ClN4OS/c11-7-5-17-10(14-7)9(16)15-8-3-1-2-6(4-12)13-8/h1-3,5H,(H,13,15,16). The van der Waals surface area contributed by atoms with Gasteiger partial charge in [-0.05, 0) is 12.1 Å². The van der Waals surface area contributed by atoms with Crippen molar-refractivity contribution < 1.29 is 4.79 Å². The van der Waals surface area contributed by atoms with Crippen LogP contribution in [0, 0.1) is 11.3 Å². The summed E-state index contributed by atoms with van der Waals surface area (Å²) in [5.41, 5.74) is 0.236. The van der Waals surface area contributed by atoms with Gasteiger partial charge >= 0.3 is 0 Å². The first-order chi connectivity index (χ1) is 8.19.